The molecule has 0 saturated heterocycles. The fourth-order valence-corrected chi connectivity index (χ4v) is 17.7. The zero-order valence-corrected chi connectivity index (χ0v) is 62.0. The largest absolute Gasteiger partial charge is 0.353 e. The quantitative estimate of drug-likeness (QED) is 0.0671. The summed E-state index contributed by atoms with van der Waals surface area (Å²) in [6.45, 7) is 0. The van der Waals surface area contributed by atoms with E-state index in [9.17, 15) is 0 Å². The Hall–Kier alpha value is -13.4. The molecule has 15 aromatic carbocycles. The van der Waals surface area contributed by atoms with Crippen LogP contribution in [0, 0.1) is 0 Å². The van der Waals surface area contributed by atoms with Crippen LogP contribution in [-0.4, -0.2) is 0 Å². The minimum absolute atomic E-state index is 0.886. The summed E-state index contributed by atoms with van der Waals surface area (Å²) >= 11 is 5.26. The number of nitrogens with one attached hydrogen (secondary N) is 3. The van der Waals surface area contributed by atoms with E-state index < -0.39 is 0 Å². The Bertz CT molecular complexity index is 5520. The summed E-state index contributed by atoms with van der Waals surface area (Å²) < 4.78 is 0. The van der Waals surface area contributed by atoms with Crippen molar-refractivity contribution in [2.24, 2.45) is 0 Å². The van der Waals surface area contributed by atoms with Crippen molar-refractivity contribution in [3.63, 3.8) is 0 Å². The summed E-state index contributed by atoms with van der Waals surface area (Å²) in [5.41, 5.74) is 30.4. The third-order valence-corrected chi connectivity index (χ3v) is 22.9. The number of nitrogens with zero attached hydrogens (tertiary/aromatic N) is 1. The standard InChI is InChI=1S/C102H72N4S3/c1-10-34-70(35-11-1)79-52-28-55-88(94(79)91-58-31-67-107-91)103-97-82(73-40-16-4-17-41-73)61-64-85(76-46-22-7-23-47-76)100(97)106(101-86(77-48-24-8-25-49-77)65-62-83(74-42-18-5-19-43-74)98(101)104-89-56-29-53-80(71-36-12-2-13-37-71)95(89)92-59-32-68-108-92)102-87(78-50-26-9-27-51-78)66-63-84(75-44-20-6-21-45-75)99(102)105-90-57-30-54-81(72-38-14-3-15-39-72)96(90)93-60-33-69-109-93/h1-69,103-105H. The summed E-state index contributed by atoms with van der Waals surface area (Å²) in [4.78, 5) is 6.10. The molecule has 7 heteroatoms. The molecule has 0 unspecified atom stereocenters. The Kier molecular flexibility index (Phi) is 19.2. The second kappa shape index (κ2) is 31.0. The van der Waals surface area contributed by atoms with Crippen LogP contribution in [0.15, 0.2) is 417 Å². The molecule has 518 valence electrons. The van der Waals surface area contributed by atoms with E-state index in [4.69, 9.17) is 0 Å². The van der Waals surface area contributed by atoms with Gasteiger partial charge in [-0.2, -0.15) is 0 Å². The van der Waals surface area contributed by atoms with Crippen molar-refractivity contribution in [2.75, 3.05) is 20.9 Å². The second-order valence-corrected chi connectivity index (χ2v) is 29.6. The van der Waals surface area contributed by atoms with Crippen molar-refractivity contribution in [3.8, 4) is 131 Å². The SMILES string of the molecule is c1ccc(-c2ccc(-c3ccccc3)c(N(c3c(-c4ccccc4)ccc(-c4ccccc4)c3Nc3cccc(-c4ccccc4)c3-c3cccs3)c3c(-c4ccccc4)ccc(-c4ccccc4)c3Nc3cccc(-c4ccccc4)c3-c3cccs3)c2Nc2cccc(-c3ccccc3)c2-c2cccs2)cc1. The van der Waals surface area contributed by atoms with Gasteiger partial charge >= 0.3 is 0 Å². The maximum absolute atomic E-state index is 4.52. The lowest BCUT2D eigenvalue weighted by Crippen LogP contribution is -2.20. The van der Waals surface area contributed by atoms with Crippen LogP contribution >= 0.6 is 34.0 Å². The summed E-state index contributed by atoms with van der Waals surface area (Å²) in [5.74, 6) is 0. The molecular weight excluding hydrogens is 1380 g/mol. The lowest BCUT2D eigenvalue weighted by atomic mass is 9.88. The zero-order chi connectivity index (χ0) is 72.7. The number of rotatable bonds is 21. The number of thiophene rings is 3. The van der Waals surface area contributed by atoms with Crippen LogP contribution in [0.5, 0.6) is 0 Å². The van der Waals surface area contributed by atoms with E-state index in [1.54, 1.807) is 34.0 Å². The molecule has 4 nitrogen and oxygen atoms in total. The minimum Gasteiger partial charge on any atom is -0.353 e. The van der Waals surface area contributed by atoms with Crippen LogP contribution in [0.25, 0.3) is 131 Å². The van der Waals surface area contributed by atoms with Crippen LogP contribution in [0.1, 0.15) is 0 Å². The van der Waals surface area contributed by atoms with Crippen molar-refractivity contribution >= 4 is 85.2 Å². The van der Waals surface area contributed by atoms with Crippen LogP contribution in [0.2, 0.25) is 0 Å². The van der Waals surface area contributed by atoms with Crippen LogP contribution in [-0.2, 0) is 0 Å². The molecule has 109 heavy (non-hydrogen) atoms. The van der Waals surface area contributed by atoms with E-state index in [1.165, 1.54) is 0 Å². The molecule has 0 spiro atoms. The van der Waals surface area contributed by atoms with Gasteiger partial charge in [0.2, 0.25) is 0 Å². The summed E-state index contributed by atoms with van der Waals surface area (Å²) in [7, 11) is 0. The molecule has 0 aliphatic carbocycles. The van der Waals surface area contributed by atoms with Crippen molar-refractivity contribution in [3.05, 3.63) is 417 Å². The van der Waals surface area contributed by atoms with Gasteiger partial charge < -0.3 is 20.9 Å². The smallest absolute Gasteiger partial charge is 0.0784 e. The molecule has 18 rings (SSSR count). The van der Waals surface area contributed by atoms with Gasteiger partial charge in [0.15, 0.2) is 0 Å². The molecule has 18 aromatic rings. The van der Waals surface area contributed by atoms with E-state index in [0.29, 0.717) is 0 Å². The lowest BCUT2D eigenvalue weighted by Gasteiger charge is -2.38. The molecule has 3 aromatic heterocycles. The maximum atomic E-state index is 4.52. The van der Waals surface area contributed by atoms with E-state index >= 15 is 0 Å². The summed E-state index contributed by atoms with van der Waals surface area (Å²) in [6, 6.07) is 146. The van der Waals surface area contributed by atoms with E-state index in [0.717, 1.165) is 183 Å². The Morgan fingerprint density at radius 3 is 0.578 bits per heavy atom. The van der Waals surface area contributed by atoms with Gasteiger partial charge in [0.25, 0.3) is 0 Å². The molecule has 0 amide bonds. The molecule has 3 N–H and O–H groups in total. The molecule has 0 bridgehead atoms. The lowest BCUT2D eigenvalue weighted by molar-refractivity contribution is 1.27. The van der Waals surface area contributed by atoms with E-state index in [1.807, 2.05) is 0 Å². The highest BCUT2D eigenvalue weighted by Crippen LogP contribution is 2.62. The van der Waals surface area contributed by atoms with Crippen LogP contribution in [0.3, 0.4) is 0 Å². The van der Waals surface area contributed by atoms with Gasteiger partial charge in [0.05, 0.1) is 34.1 Å². The molecule has 0 aliphatic rings. The first-order chi connectivity index (χ1) is 54.1. The third kappa shape index (κ3) is 13.6. The average molecular weight is 1450 g/mol. The van der Waals surface area contributed by atoms with Gasteiger partial charge in [-0.05, 0) is 119 Å². The van der Waals surface area contributed by atoms with Gasteiger partial charge in [0, 0.05) is 81.8 Å². The highest BCUT2D eigenvalue weighted by Gasteiger charge is 2.36. The van der Waals surface area contributed by atoms with E-state index in [-0.39, 0.29) is 0 Å². The molecular formula is C102H72N4S3. The first-order valence-electron chi connectivity index (χ1n) is 36.8. The minimum atomic E-state index is 0.886. The molecule has 0 saturated carbocycles. The average Bonchev–Trinajstić information content (AvgIpc) is 1.58. The summed E-state index contributed by atoms with van der Waals surface area (Å²) in [5, 5.41) is 20.1. The van der Waals surface area contributed by atoms with Crippen LogP contribution < -0.4 is 20.9 Å². The predicted octanol–water partition coefficient (Wildman–Crippen LogP) is 30.6. The number of hydrogen-bond acceptors (Lipinski definition) is 7. The second-order valence-electron chi connectivity index (χ2n) is 26.8. The molecule has 0 radical (unpaired) electrons. The zero-order valence-electron chi connectivity index (χ0n) is 59.5. The molecule has 0 aliphatic heterocycles. The Labute approximate surface area is 649 Å². The predicted molar refractivity (Wildman–Crippen MR) is 469 cm³/mol. The van der Waals surface area contributed by atoms with Gasteiger partial charge in [-0.3, -0.25) is 0 Å². The molecule has 0 fully saturated rings. The highest BCUT2D eigenvalue weighted by atomic mass is 32.1. The van der Waals surface area contributed by atoms with Crippen molar-refractivity contribution < 1.29 is 0 Å². The maximum Gasteiger partial charge on any atom is 0.0784 e. The van der Waals surface area contributed by atoms with Crippen molar-refractivity contribution in [1.82, 2.24) is 0 Å². The van der Waals surface area contributed by atoms with Gasteiger partial charge in [-0.15, -0.1) is 34.0 Å². The van der Waals surface area contributed by atoms with Crippen molar-refractivity contribution in [1.29, 1.82) is 0 Å². The van der Waals surface area contributed by atoms with Gasteiger partial charge in [0.1, 0.15) is 0 Å². The highest BCUT2D eigenvalue weighted by molar-refractivity contribution is 7.14. The fraction of sp³-hybridized carbons (Fsp3) is 0. The number of hydrogen-bond donors (Lipinski definition) is 3. The van der Waals surface area contributed by atoms with E-state index in [2.05, 4.69) is 437 Å². The number of anilines is 9. The first kappa shape index (κ1) is 67.5. The Balaban J connectivity index is 1.08. The number of benzene rings is 15. The summed E-state index contributed by atoms with van der Waals surface area (Å²) in [6.07, 6.45) is 0. The van der Waals surface area contributed by atoms with Gasteiger partial charge in [-0.1, -0.05) is 364 Å². The Morgan fingerprint density at radius 1 is 0.165 bits per heavy atom. The fourth-order valence-electron chi connectivity index (χ4n) is 15.3. The molecule has 0 atom stereocenters. The van der Waals surface area contributed by atoms with Crippen LogP contribution in [0.4, 0.5) is 51.2 Å². The normalized spacial score (nSPS) is 11.1. The third-order valence-electron chi connectivity index (χ3n) is 20.2. The topological polar surface area (TPSA) is 39.3 Å². The Morgan fingerprint density at radius 2 is 0.367 bits per heavy atom. The van der Waals surface area contributed by atoms with Crippen molar-refractivity contribution in [2.45, 2.75) is 0 Å². The monoisotopic (exact) mass is 1450 g/mol. The first-order valence-corrected chi connectivity index (χ1v) is 39.4. The molecule has 3 heterocycles. The van der Waals surface area contributed by atoms with Gasteiger partial charge in [-0.25, -0.2) is 0 Å².